The monoisotopic (exact) mass is 587 g/mol. The van der Waals surface area contributed by atoms with E-state index in [9.17, 15) is 13.2 Å². The highest BCUT2D eigenvalue weighted by Crippen LogP contribution is 2.36. The van der Waals surface area contributed by atoms with Gasteiger partial charge in [-0.2, -0.15) is 13.2 Å². The third-order valence-electron chi connectivity index (χ3n) is 5.31. The molecule has 0 saturated carbocycles. The zero-order valence-electron chi connectivity index (χ0n) is 20.6. The number of anilines is 3. The van der Waals surface area contributed by atoms with Crippen LogP contribution in [0.5, 0.6) is 11.5 Å². The topological polar surface area (TPSA) is 62.3 Å². The number of fused-ring (bicyclic) bond motifs is 1. The summed E-state index contributed by atoms with van der Waals surface area (Å²) < 4.78 is 44.6. The van der Waals surface area contributed by atoms with E-state index in [1.54, 1.807) is 18.2 Å². The Morgan fingerprint density at radius 1 is 1.13 bits per heavy atom. The van der Waals surface area contributed by atoms with Crippen LogP contribution in [0.2, 0.25) is 5.02 Å². The largest absolute Gasteiger partial charge is 0.456 e. The lowest BCUT2D eigenvalue weighted by Gasteiger charge is -2.14. The van der Waals surface area contributed by atoms with Crippen LogP contribution in [0, 0.1) is 0 Å². The number of allylic oxidation sites excluding steroid dienone is 1. The van der Waals surface area contributed by atoms with Gasteiger partial charge in [0.25, 0.3) is 0 Å². The maximum atomic E-state index is 13.0. The van der Waals surface area contributed by atoms with Gasteiger partial charge in [-0.05, 0) is 68.6 Å². The highest BCUT2D eigenvalue weighted by atomic mass is 35.5. The van der Waals surface area contributed by atoms with Gasteiger partial charge in [0.1, 0.15) is 29.5 Å². The normalized spacial score (nSPS) is 13.0. The molecular formula is C26H27Cl3F3N5O. The highest BCUT2D eigenvalue weighted by molar-refractivity contribution is 6.32. The Kier molecular flexibility index (Phi) is 11.3. The van der Waals surface area contributed by atoms with Crippen molar-refractivity contribution in [3.05, 3.63) is 82.7 Å². The van der Waals surface area contributed by atoms with Crippen LogP contribution in [0.25, 0.3) is 6.08 Å². The first kappa shape index (κ1) is 31.2. The molecule has 0 spiro atoms. The van der Waals surface area contributed by atoms with Gasteiger partial charge < -0.3 is 20.3 Å². The van der Waals surface area contributed by atoms with Crippen LogP contribution < -0.4 is 15.4 Å². The molecule has 4 rings (SSSR count). The van der Waals surface area contributed by atoms with Crippen molar-refractivity contribution >= 4 is 59.8 Å². The van der Waals surface area contributed by atoms with Gasteiger partial charge in [0.15, 0.2) is 0 Å². The van der Waals surface area contributed by atoms with Crippen LogP contribution in [-0.2, 0) is 6.18 Å². The maximum Gasteiger partial charge on any atom is 0.416 e. The smallest absolute Gasteiger partial charge is 0.416 e. The van der Waals surface area contributed by atoms with Crippen molar-refractivity contribution in [2.24, 2.45) is 0 Å². The SMILES string of the molecule is CN(C)C/C=C/C1=Cc2c(ncnc2Nc2ccc(Oc3cccc(C(F)(F)F)c3)c(Cl)c2)NCC1.Cl.Cl. The van der Waals surface area contributed by atoms with Gasteiger partial charge in [0.05, 0.1) is 16.1 Å². The number of aromatic nitrogens is 2. The molecule has 12 heteroatoms. The van der Waals surface area contributed by atoms with Gasteiger partial charge >= 0.3 is 6.18 Å². The average molecular weight is 589 g/mol. The van der Waals surface area contributed by atoms with Crippen LogP contribution >= 0.6 is 36.4 Å². The number of rotatable bonds is 7. The van der Waals surface area contributed by atoms with Gasteiger partial charge in [-0.15, -0.1) is 24.8 Å². The Hall–Kier alpha value is -2.98. The summed E-state index contributed by atoms with van der Waals surface area (Å²) in [6.45, 7) is 1.58. The number of alkyl halides is 3. The fraction of sp³-hybridized carbons (Fsp3) is 0.231. The number of halogens is 6. The van der Waals surface area contributed by atoms with E-state index in [-0.39, 0.29) is 41.3 Å². The zero-order chi connectivity index (χ0) is 25.7. The molecule has 1 aliphatic heterocycles. The molecule has 1 aromatic heterocycles. The molecule has 0 saturated heterocycles. The molecule has 0 fully saturated rings. The van der Waals surface area contributed by atoms with Crippen LogP contribution in [0.1, 0.15) is 17.5 Å². The lowest BCUT2D eigenvalue weighted by Crippen LogP contribution is -2.10. The fourth-order valence-corrected chi connectivity index (χ4v) is 3.78. The molecule has 0 atom stereocenters. The van der Waals surface area contributed by atoms with E-state index in [0.29, 0.717) is 11.5 Å². The first-order chi connectivity index (χ1) is 17.2. The predicted octanol–water partition coefficient (Wildman–Crippen LogP) is 7.85. The molecule has 1 aliphatic rings. The van der Waals surface area contributed by atoms with Crippen LogP contribution in [0.3, 0.4) is 0 Å². The van der Waals surface area contributed by atoms with Gasteiger partial charge in [-0.3, -0.25) is 0 Å². The number of hydrogen-bond donors (Lipinski definition) is 2. The van der Waals surface area contributed by atoms with E-state index in [2.05, 4.69) is 43.7 Å². The highest BCUT2D eigenvalue weighted by Gasteiger charge is 2.30. The van der Waals surface area contributed by atoms with Crippen molar-refractivity contribution in [2.75, 3.05) is 37.8 Å². The molecule has 3 aromatic rings. The van der Waals surface area contributed by atoms with Gasteiger partial charge in [0.2, 0.25) is 0 Å². The number of nitrogens with one attached hydrogen (secondary N) is 2. The summed E-state index contributed by atoms with van der Waals surface area (Å²) >= 11 is 6.39. The summed E-state index contributed by atoms with van der Waals surface area (Å²) in [6, 6.07) is 9.58. The van der Waals surface area contributed by atoms with E-state index < -0.39 is 11.7 Å². The second kappa shape index (κ2) is 13.7. The Morgan fingerprint density at radius 2 is 1.92 bits per heavy atom. The molecule has 0 amide bonds. The molecule has 204 valence electrons. The Bertz CT molecular complexity index is 1300. The number of likely N-dealkylation sites (N-methyl/N-ethyl adjacent to an activating group) is 1. The third kappa shape index (κ3) is 8.26. The predicted molar refractivity (Wildman–Crippen MR) is 152 cm³/mol. The Morgan fingerprint density at radius 3 is 2.63 bits per heavy atom. The minimum atomic E-state index is -4.46. The first-order valence-electron chi connectivity index (χ1n) is 11.2. The van der Waals surface area contributed by atoms with Crippen molar-refractivity contribution < 1.29 is 17.9 Å². The van der Waals surface area contributed by atoms with Crippen molar-refractivity contribution in [1.82, 2.24) is 14.9 Å². The standard InChI is InChI=1S/C26H25ClF3N5O.2ClH/c1-35(2)12-4-5-17-10-11-31-24-21(13-17)25(33-16-32-24)34-19-8-9-23(22(27)15-19)36-20-7-3-6-18(14-20)26(28,29)30;;/h3-9,13-16H,10-12H2,1-2H3,(H2,31,32,33,34);2*1H/b5-4+;;. The number of hydrogen-bond acceptors (Lipinski definition) is 6. The van der Waals surface area contributed by atoms with Crippen molar-refractivity contribution in [1.29, 1.82) is 0 Å². The van der Waals surface area contributed by atoms with E-state index in [1.807, 2.05) is 14.1 Å². The van der Waals surface area contributed by atoms with Crippen LogP contribution in [0.4, 0.5) is 30.5 Å². The van der Waals surface area contributed by atoms with Crippen LogP contribution in [0.15, 0.2) is 66.5 Å². The van der Waals surface area contributed by atoms with Gasteiger partial charge in [-0.25, -0.2) is 9.97 Å². The lowest BCUT2D eigenvalue weighted by atomic mass is 10.1. The average Bonchev–Trinajstić information content (AvgIpc) is 3.03. The third-order valence-corrected chi connectivity index (χ3v) is 5.60. The summed E-state index contributed by atoms with van der Waals surface area (Å²) in [5.74, 6) is 1.59. The summed E-state index contributed by atoms with van der Waals surface area (Å²) in [4.78, 5) is 10.9. The van der Waals surface area contributed by atoms with Gasteiger partial charge in [-0.1, -0.05) is 29.8 Å². The Balaban J connectivity index is 0.00000253. The molecular weight excluding hydrogens is 562 g/mol. The Labute approximate surface area is 236 Å². The summed E-state index contributed by atoms with van der Waals surface area (Å²) in [6.07, 6.45) is 4.12. The van der Waals surface area contributed by atoms with Gasteiger partial charge in [0, 0.05) is 18.8 Å². The van der Waals surface area contributed by atoms with E-state index in [0.717, 1.165) is 48.6 Å². The van der Waals surface area contributed by atoms with Crippen LogP contribution in [-0.4, -0.2) is 42.1 Å². The molecule has 6 nitrogen and oxygen atoms in total. The molecule has 38 heavy (non-hydrogen) atoms. The quantitative estimate of drug-likeness (QED) is 0.293. The molecule has 0 aliphatic carbocycles. The summed E-state index contributed by atoms with van der Waals surface area (Å²) in [5.41, 5.74) is 1.81. The molecule has 0 unspecified atom stereocenters. The lowest BCUT2D eigenvalue weighted by molar-refractivity contribution is -0.137. The maximum absolute atomic E-state index is 13.0. The molecule has 2 N–H and O–H groups in total. The second-order valence-corrected chi connectivity index (χ2v) is 8.85. The second-order valence-electron chi connectivity index (χ2n) is 8.44. The van der Waals surface area contributed by atoms with Crippen molar-refractivity contribution in [2.45, 2.75) is 12.6 Å². The number of ether oxygens (including phenoxy) is 1. The minimum absolute atomic E-state index is 0. The summed E-state index contributed by atoms with van der Waals surface area (Å²) in [7, 11) is 4.03. The van der Waals surface area contributed by atoms with E-state index >= 15 is 0 Å². The van der Waals surface area contributed by atoms with E-state index in [1.165, 1.54) is 18.5 Å². The molecule has 2 heterocycles. The van der Waals surface area contributed by atoms with Crippen molar-refractivity contribution in [3.8, 4) is 11.5 Å². The van der Waals surface area contributed by atoms with E-state index in [4.69, 9.17) is 16.3 Å². The van der Waals surface area contributed by atoms with Crippen molar-refractivity contribution in [3.63, 3.8) is 0 Å². The summed E-state index contributed by atoms with van der Waals surface area (Å²) in [5, 5.41) is 6.82. The molecule has 0 radical (unpaired) electrons. The molecule has 2 aromatic carbocycles. The first-order valence-corrected chi connectivity index (χ1v) is 11.6. The minimum Gasteiger partial charge on any atom is -0.456 e. The number of benzene rings is 2. The molecule has 0 bridgehead atoms. The fourth-order valence-electron chi connectivity index (χ4n) is 3.56. The number of nitrogens with zero attached hydrogens (tertiary/aromatic N) is 3. The zero-order valence-corrected chi connectivity index (χ0v) is 22.9.